The number of anilines is 1. The van der Waals surface area contributed by atoms with Crippen LogP contribution in [0.2, 0.25) is 0 Å². The van der Waals surface area contributed by atoms with Gasteiger partial charge in [0.05, 0.1) is 12.8 Å². The minimum atomic E-state index is 0.583. The third kappa shape index (κ3) is 2.30. The van der Waals surface area contributed by atoms with Crippen LogP contribution < -0.4 is 10.5 Å². The van der Waals surface area contributed by atoms with Crippen LogP contribution in [0.4, 0.5) is 5.82 Å². The van der Waals surface area contributed by atoms with Crippen LogP contribution in [0.25, 0.3) is 11.1 Å². The zero-order valence-electron chi connectivity index (χ0n) is 11.4. The van der Waals surface area contributed by atoms with Crippen molar-refractivity contribution < 1.29 is 4.74 Å². The molecule has 0 aliphatic heterocycles. The summed E-state index contributed by atoms with van der Waals surface area (Å²) in [7, 11) is 0. The zero-order valence-corrected chi connectivity index (χ0v) is 11.4. The van der Waals surface area contributed by atoms with Gasteiger partial charge in [-0.2, -0.15) is 5.10 Å². The van der Waals surface area contributed by atoms with E-state index in [2.05, 4.69) is 36.2 Å². The molecule has 4 heteroatoms. The summed E-state index contributed by atoms with van der Waals surface area (Å²) >= 11 is 0. The van der Waals surface area contributed by atoms with Gasteiger partial charge in [-0.1, -0.05) is 12.1 Å². The van der Waals surface area contributed by atoms with Gasteiger partial charge in [0.25, 0.3) is 0 Å². The summed E-state index contributed by atoms with van der Waals surface area (Å²) in [6, 6.07) is 4.16. The quantitative estimate of drug-likeness (QED) is 0.884. The van der Waals surface area contributed by atoms with Gasteiger partial charge in [-0.3, -0.25) is 5.10 Å². The molecule has 0 unspecified atom stereocenters. The topological polar surface area (TPSA) is 63.9 Å². The average Bonchev–Trinajstić information content (AvgIpc) is 3.13. The van der Waals surface area contributed by atoms with Crippen LogP contribution in [0.5, 0.6) is 5.75 Å². The van der Waals surface area contributed by atoms with Gasteiger partial charge in [0, 0.05) is 11.1 Å². The monoisotopic (exact) mass is 257 g/mol. The van der Waals surface area contributed by atoms with Crippen molar-refractivity contribution in [1.29, 1.82) is 0 Å². The highest BCUT2D eigenvalue weighted by molar-refractivity contribution is 5.79. The summed E-state index contributed by atoms with van der Waals surface area (Å²) in [5.41, 5.74) is 10.3. The van der Waals surface area contributed by atoms with Crippen molar-refractivity contribution in [3.8, 4) is 16.9 Å². The van der Waals surface area contributed by atoms with Crippen LogP contribution in [-0.2, 0) is 0 Å². The number of nitrogens with one attached hydrogen (secondary N) is 1. The number of rotatable bonds is 4. The second kappa shape index (κ2) is 4.61. The number of aromatic nitrogens is 2. The molecule has 100 valence electrons. The van der Waals surface area contributed by atoms with Gasteiger partial charge in [0.1, 0.15) is 11.6 Å². The van der Waals surface area contributed by atoms with Crippen molar-refractivity contribution >= 4 is 5.82 Å². The maximum atomic E-state index is 6.05. The molecule has 3 rings (SSSR count). The first-order valence-corrected chi connectivity index (χ1v) is 6.69. The molecule has 19 heavy (non-hydrogen) atoms. The second-order valence-electron chi connectivity index (χ2n) is 5.34. The van der Waals surface area contributed by atoms with Crippen molar-refractivity contribution in [2.75, 3.05) is 12.3 Å². The van der Waals surface area contributed by atoms with Crippen LogP contribution in [0.15, 0.2) is 18.3 Å². The third-order valence-corrected chi connectivity index (χ3v) is 3.80. The van der Waals surface area contributed by atoms with Gasteiger partial charge in [-0.15, -0.1) is 0 Å². The Kier molecular flexibility index (Phi) is 2.93. The van der Waals surface area contributed by atoms with E-state index in [4.69, 9.17) is 10.5 Å². The fraction of sp³-hybridized carbons (Fsp3) is 0.400. The molecule has 1 aromatic heterocycles. The smallest absolute Gasteiger partial charge is 0.130 e. The Balaban J connectivity index is 2.02. The van der Waals surface area contributed by atoms with Crippen molar-refractivity contribution in [3.05, 3.63) is 29.5 Å². The van der Waals surface area contributed by atoms with Gasteiger partial charge < -0.3 is 10.5 Å². The number of hydrogen-bond donors (Lipinski definition) is 2. The third-order valence-electron chi connectivity index (χ3n) is 3.80. The summed E-state index contributed by atoms with van der Waals surface area (Å²) in [5, 5.41) is 6.77. The van der Waals surface area contributed by atoms with Gasteiger partial charge in [0.15, 0.2) is 0 Å². The van der Waals surface area contributed by atoms with Gasteiger partial charge >= 0.3 is 0 Å². The highest BCUT2D eigenvalue weighted by atomic mass is 16.5. The van der Waals surface area contributed by atoms with E-state index in [0.717, 1.165) is 29.4 Å². The average molecular weight is 257 g/mol. The first-order chi connectivity index (χ1) is 9.16. The highest BCUT2D eigenvalue weighted by Crippen LogP contribution is 2.38. The molecule has 1 aromatic carbocycles. The predicted molar refractivity (Wildman–Crippen MR) is 76.1 cm³/mol. The van der Waals surface area contributed by atoms with E-state index < -0.39 is 0 Å². The largest absolute Gasteiger partial charge is 0.492 e. The van der Waals surface area contributed by atoms with Crippen LogP contribution in [0.3, 0.4) is 0 Å². The molecule has 4 nitrogen and oxygen atoms in total. The van der Waals surface area contributed by atoms with Crippen molar-refractivity contribution in [3.63, 3.8) is 0 Å². The highest BCUT2D eigenvalue weighted by Gasteiger charge is 2.23. The SMILES string of the molecule is Cc1ccc(-c2cn[nH]c2N)c(OCC2CC2)c1C. The second-order valence-corrected chi connectivity index (χ2v) is 5.34. The Morgan fingerprint density at radius 1 is 1.32 bits per heavy atom. The molecule has 1 fully saturated rings. The summed E-state index contributed by atoms with van der Waals surface area (Å²) in [4.78, 5) is 0. The van der Waals surface area contributed by atoms with Crippen LogP contribution in [0, 0.1) is 19.8 Å². The normalized spacial score (nSPS) is 14.6. The summed E-state index contributed by atoms with van der Waals surface area (Å²) < 4.78 is 6.05. The molecular weight excluding hydrogens is 238 g/mol. The Morgan fingerprint density at radius 2 is 2.11 bits per heavy atom. The van der Waals surface area contributed by atoms with Crippen molar-refractivity contribution in [2.24, 2.45) is 5.92 Å². The molecule has 2 aromatic rings. The molecule has 1 saturated carbocycles. The number of nitrogens with two attached hydrogens (primary N) is 1. The van der Waals surface area contributed by atoms with Gasteiger partial charge in [0.2, 0.25) is 0 Å². The van der Waals surface area contributed by atoms with Gasteiger partial charge in [-0.05, 0) is 43.7 Å². The number of aromatic amines is 1. The minimum Gasteiger partial charge on any atom is -0.492 e. The predicted octanol–water partition coefficient (Wildman–Crippen LogP) is 3.06. The number of H-pyrrole nitrogens is 1. The zero-order chi connectivity index (χ0) is 13.4. The van der Waals surface area contributed by atoms with Crippen molar-refractivity contribution in [2.45, 2.75) is 26.7 Å². The van der Waals surface area contributed by atoms with E-state index in [1.54, 1.807) is 6.20 Å². The van der Waals surface area contributed by atoms with Crippen molar-refractivity contribution in [1.82, 2.24) is 10.2 Å². The lowest BCUT2D eigenvalue weighted by atomic mass is 10.0. The first kappa shape index (κ1) is 12.1. The molecule has 0 bridgehead atoms. The number of ether oxygens (including phenoxy) is 1. The molecule has 1 heterocycles. The Hall–Kier alpha value is -1.97. The first-order valence-electron chi connectivity index (χ1n) is 6.69. The van der Waals surface area contributed by atoms with Crippen LogP contribution in [0.1, 0.15) is 24.0 Å². The molecule has 0 saturated heterocycles. The number of nitrogen functional groups attached to an aromatic ring is 1. The molecule has 1 aliphatic carbocycles. The summed E-state index contributed by atoms with van der Waals surface area (Å²) in [6.45, 7) is 4.99. The maximum Gasteiger partial charge on any atom is 0.130 e. The van der Waals surface area contributed by atoms with E-state index in [1.807, 2.05) is 0 Å². The van der Waals surface area contributed by atoms with Crippen LogP contribution in [-0.4, -0.2) is 16.8 Å². The molecule has 0 atom stereocenters. The number of benzene rings is 1. The van der Waals surface area contributed by atoms with Gasteiger partial charge in [-0.25, -0.2) is 0 Å². The van der Waals surface area contributed by atoms with E-state index in [-0.39, 0.29) is 0 Å². The molecule has 1 aliphatic rings. The number of aryl methyl sites for hydroxylation is 1. The van der Waals surface area contributed by atoms with E-state index in [9.17, 15) is 0 Å². The molecule has 3 N–H and O–H groups in total. The lowest BCUT2D eigenvalue weighted by molar-refractivity contribution is 0.299. The van der Waals surface area contributed by atoms with E-state index in [0.29, 0.717) is 5.82 Å². The standard InChI is InChI=1S/C15H19N3O/c1-9-3-6-12(13-7-17-18-15(13)16)14(10(9)2)19-8-11-4-5-11/h3,6-7,11H,4-5,8H2,1-2H3,(H3,16,17,18). The molecule has 0 amide bonds. The Bertz CT molecular complexity index is 599. The summed E-state index contributed by atoms with van der Waals surface area (Å²) in [6.07, 6.45) is 4.32. The minimum absolute atomic E-state index is 0.583. The Labute approximate surface area is 113 Å². The maximum absolute atomic E-state index is 6.05. The summed E-state index contributed by atoms with van der Waals surface area (Å²) in [5.74, 6) is 2.26. The Morgan fingerprint density at radius 3 is 2.74 bits per heavy atom. The lowest BCUT2D eigenvalue weighted by Gasteiger charge is -2.15. The number of nitrogens with zero attached hydrogens (tertiary/aromatic N) is 1. The fourth-order valence-corrected chi connectivity index (χ4v) is 2.18. The number of hydrogen-bond acceptors (Lipinski definition) is 3. The lowest BCUT2D eigenvalue weighted by Crippen LogP contribution is -2.03. The molecule has 0 spiro atoms. The van der Waals surface area contributed by atoms with E-state index in [1.165, 1.54) is 24.0 Å². The fourth-order valence-electron chi connectivity index (χ4n) is 2.18. The van der Waals surface area contributed by atoms with Crippen LogP contribution >= 0.6 is 0 Å². The molecule has 0 radical (unpaired) electrons. The molecular formula is C15H19N3O. The van der Waals surface area contributed by atoms with E-state index >= 15 is 0 Å².